The van der Waals surface area contributed by atoms with E-state index in [2.05, 4.69) is 11.1 Å². The summed E-state index contributed by atoms with van der Waals surface area (Å²) >= 11 is 0. The molecule has 2 heterocycles. The molecule has 0 saturated carbocycles. The number of benzene rings is 1. The van der Waals surface area contributed by atoms with Crippen LogP contribution in [0.25, 0.3) is 10.9 Å². The number of likely N-dealkylation sites (N-methyl/N-ethyl adjacent to an activating group) is 1. The van der Waals surface area contributed by atoms with Gasteiger partial charge in [0.2, 0.25) is 5.91 Å². The van der Waals surface area contributed by atoms with Gasteiger partial charge >= 0.3 is 0 Å². The maximum Gasteiger partial charge on any atom is 0.223 e. The molecule has 2 aromatic rings. The number of nitrogens with two attached hydrogens (primary N) is 1. The van der Waals surface area contributed by atoms with Crippen molar-refractivity contribution in [2.45, 2.75) is 31.8 Å². The van der Waals surface area contributed by atoms with E-state index in [9.17, 15) is 4.79 Å². The molecule has 2 unspecified atom stereocenters. The van der Waals surface area contributed by atoms with Crippen molar-refractivity contribution in [1.82, 2.24) is 9.88 Å². The van der Waals surface area contributed by atoms with Crippen LogP contribution >= 0.6 is 0 Å². The van der Waals surface area contributed by atoms with Crippen LogP contribution in [0, 0.1) is 0 Å². The average Bonchev–Trinajstić information content (AvgIpc) is 2.85. The van der Waals surface area contributed by atoms with Gasteiger partial charge in [0.15, 0.2) is 0 Å². The van der Waals surface area contributed by atoms with Gasteiger partial charge < -0.3 is 15.6 Å². The number of nitrogens with zero attached hydrogens (tertiary/aromatic N) is 1. The van der Waals surface area contributed by atoms with Gasteiger partial charge in [0, 0.05) is 41.7 Å². The Labute approximate surface area is 112 Å². The van der Waals surface area contributed by atoms with Crippen molar-refractivity contribution >= 4 is 16.8 Å². The minimum absolute atomic E-state index is 0.0110. The molecule has 3 rings (SSSR count). The fourth-order valence-corrected chi connectivity index (χ4v) is 3.09. The van der Waals surface area contributed by atoms with Crippen molar-refractivity contribution in [1.29, 1.82) is 0 Å². The first kappa shape index (κ1) is 12.2. The third-order valence-corrected chi connectivity index (χ3v) is 4.03. The number of rotatable bonds is 2. The Morgan fingerprint density at radius 2 is 2.21 bits per heavy atom. The van der Waals surface area contributed by atoms with Gasteiger partial charge in [-0.3, -0.25) is 4.79 Å². The summed E-state index contributed by atoms with van der Waals surface area (Å²) in [6.45, 7) is 2.72. The summed E-state index contributed by atoms with van der Waals surface area (Å²) in [5.41, 5.74) is 8.51. The zero-order chi connectivity index (χ0) is 13.4. The number of aromatic amines is 1. The van der Waals surface area contributed by atoms with Gasteiger partial charge in [0.25, 0.3) is 0 Å². The van der Waals surface area contributed by atoms with E-state index in [0.717, 1.165) is 22.9 Å². The van der Waals surface area contributed by atoms with E-state index in [-0.39, 0.29) is 18.0 Å². The second-order valence-electron chi connectivity index (χ2n) is 5.12. The molecule has 0 spiro atoms. The largest absolute Gasteiger partial charge is 0.361 e. The van der Waals surface area contributed by atoms with Gasteiger partial charge in [0.05, 0.1) is 6.04 Å². The number of hydrogen-bond donors (Lipinski definition) is 2. The van der Waals surface area contributed by atoms with E-state index >= 15 is 0 Å². The molecule has 1 saturated heterocycles. The van der Waals surface area contributed by atoms with Gasteiger partial charge in [0.1, 0.15) is 0 Å². The Morgan fingerprint density at radius 1 is 1.42 bits per heavy atom. The summed E-state index contributed by atoms with van der Waals surface area (Å²) < 4.78 is 0. The molecular formula is C15H19N3O. The first-order valence-corrected chi connectivity index (χ1v) is 6.83. The summed E-state index contributed by atoms with van der Waals surface area (Å²) in [5.74, 6) is 0.208. The zero-order valence-corrected chi connectivity index (χ0v) is 11.1. The summed E-state index contributed by atoms with van der Waals surface area (Å²) in [5, 5.41) is 1.16. The van der Waals surface area contributed by atoms with Crippen molar-refractivity contribution in [3.05, 3.63) is 36.0 Å². The van der Waals surface area contributed by atoms with Crippen LogP contribution in [0.4, 0.5) is 0 Å². The van der Waals surface area contributed by atoms with Crippen LogP contribution in [0.15, 0.2) is 30.5 Å². The number of carbonyl (C=O) groups is 1. The average molecular weight is 257 g/mol. The molecule has 4 nitrogen and oxygen atoms in total. The molecule has 1 aliphatic rings. The number of amides is 1. The molecule has 1 aliphatic heterocycles. The molecule has 0 radical (unpaired) electrons. The lowest BCUT2D eigenvalue weighted by Crippen LogP contribution is -2.48. The highest BCUT2D eigenvalue weighted by molar-refractivity contribution is 5.85. The van der Waals surface area contributed by atoms with Gasteiger partial charge in [-0.05, 0) is 19.4 Å². The van der Waals surface area contributed by atoms with Crippen LogP contribution in [0.3, 0.4) is 0 Å². The van der Waals surface area contributed by atoms with Crippen molar-refractivity contribution in [2.24, 2.45) is 5.73 Å². The molecule has 0 aliphatic carbocycles. The number of nitrogens with one attached hydrogen (secondary N) is 1. The highest BCUT2D eigenvalue weighted by Gasteiger charge is 2.35. The summed E-state index contributed by atoms with van der Waals surface area (Å²) in [6.07, 6.45) is 3.32. The van der Waals surface area contributed by atoms with Crippen LogP contribution in [0.5, 0.6) is 0 Å². The van der Waals surface area contributed by atoms with E-state index in [0.29, 0.717) is 13.0 Å². The molecule has 19 heavy (non-hydrogen) atoms. The SMILES string of the molecule is CCN1C(=O)CCC(N)C1c1c[nH]c2ccccc12. The van der Waals surface area contributed by atoms with E-state index in [1.54, 1.807) is 0 Å². The predicted octanol–water partition coefficient (Wildman–Crippen LogP) is 2.18. The highest BCUT2D eigenvalue weighted by Crippen LogP contribution is 2.34. The second kappa shape index (κ2) is 4.70. The molecule has 4 heteroatoms. The van der Waals surface area contributed by atoms with Crippen molar-refractivity contribution in [3.63, 3.8) is 0 Å². The molecular weight excluding hydrogens is 238 g/mol. The van der Waals surface area contributed by atoms with E-state index in [4.69, 9.17) is 5.73 Å². The Hall–Kier alpha value is -1.81. The summed E-state index contributed by atoms with van der Waals surface area (Å²) in [4.78, 5) is 17.3. The molecule has 1 aromatic heterocycles. The number of piperidine rings is 1. The van der Waals surface area contributed by atoms with Crippen LogP contribution in [-0.2, 0) is 4.79 Å². The molecule has 1 aromatic carbocycles. The number of likely N-dealkylation sites (tertiary alicyclic amines) is 1. The fourth-order valence-electron chi connectivity index (χ4n) is 3.09. The summed E-state index contributed by atoms with van der Waals surface area (Å²) in [6, 6.07) is 8.16. The Morgan fingerprint density at radius 3 is 3.00 bits per heavy atom. The lowest BCUT2D eigenvalue weighted by Gasteiger charge is -2.39. The third-order valence-electron chi connectivity index (χ3n) is 4.03. The second-order valence-corrected chi connectivity index (χ2v) is 5.12. The first-order chi connectivity index (χ1) is 9.22. The number of hydrogen-bond acceptors (Lipinski definition) is 2. The molecule has 1 amide bonds. The third kappa shape index (κ3) is 1.92. The smallest absolute Gasteiger partial charge is 0.223 e. The van der Waals surface area contributed by atoms with Crippen LogP contribution in [0.2, 0.25) is 0 Å². The maximum atomic E-state index is 12.1. The minimum atomic E-state index is -0.0117. The number of H-pyrrole nitrogens is 1. The molecule has 1 fully saturated rings. The number of para-hydroxylation sites is 1. The molecule has 0 bridgehead atoms. The normalized spacial score (nSPS) is 24.1. The Kier molecular flexibility index (Phi) is 3.03. The number of carbonyl (C=O) groups excluding carboxylic acids is 1. The van der Waals surface area contributed by atoms with E-state index < -0.39 is 0 Å². The zero-order valence-electron chi connectivity index (χ0n) is 11.1. The van der Waals surface area contributed by atoms with Crippen molar-refractivity contribution in [2.75, 3.05) is 6.54 Å². The standard InChI is InChI=1S/C15H19N3O/c1-2-18-14(19)8-7-12(16)15(18)11-9-17-13-6-4-3-5-10(11)13/h3-6,9,12,15,17H,2,7-8,16H2,1H3. The first-order valence-electron chi connectivity index (χ1n) is 6.83. The number of aromatic nitrogens is 1. The van der Waals surface area contributed by atoms with E-state index in [1.807, 2.05) is 36.2 Å². The topological polar surface area (TPSA) is 62.1 Å². The van der Waals surface area contributed by atoms with Crippen LogP contribution in [0.1, 0.15) is 31.4 Å². The summed E-state index contributed by atoms with van der Waals surface area (Å²) in [7, 11) is 0. The molecule has 100 valence electrons. The quantitative estimate of drug-likeness (QED) is 0.866. The van der Waals surface area contributed by atoms with Gasteiger partial charge in [-0.15, -0.1) is 0 Å². The molecule has 2 atom stereocenters. The predicted molar refractivity (Wildman–Crippen MR) is 75.6 cm³/mol. The van der Waals surface area contributed by atoms with Crippen LogP contribution < -0.4 is 5.73 Å². The number of fused-ring (bicyclic) bond motifs is 1. The lowest BCUT2D eigenvalue weighted by molar-refractivity contribution is -0.137. The Balaban J connectivity index is 2.09. The fraction of sp³-hybridized carbons (Fsp3) is 0.400. The van der Waals surface area contributed by atoms with Gasteiger partial charge in [-0.1, -0.05) is 18.2 Å². The van der Waals surface area contributed by atoms with Crippen molar-refractivity contribution < 1.29 is 4.79 Å². The highest BCUT2D eigenvalue weighted by atomic mass is 16.2. The minimum Gasteiger partial charge on any atom is -0.361 e. The van der Waals surface area contributed by atoms with Crippen LogP contribution in [-0.4, -0.2) is 28.4 Å². The monoisotopic (exact) mass is 257 g/mol. The van der Waals surface area contributed by atoms with Gasteiger partial charge in [-0.25, -0.2) is 0 Å². The lowest BCUT2D eigenvalue weighted by atomic mass is 9.90. The van der Waals surface area contributed by atoms with E-state index in [1.165, 1.54) is 0 Å². The molecule has 3 N–H and O–H groups in total. The van der Waals surface area contributed by atoms with Gasteiger partial charge in [-0.2, -0.15) is 0 Å². The van der Waals surface area contributed by atoms with Crippen molar-refractivity contribution in [3.8, 4) is 0 Å². The maximum absolute atomic E-state index is 12.1. The Bertz CT molecular complexity index is 604.